The van der Waals surface area contributed by atoms with Gasteiger partial charge < -0.3 is 4.90 Å². The molecule has 122 valence electrons. The minimum Gasteiger partial charge on any atom is -0.330 e. The zero-order chi connectivity index (χ0) is 16.5. The summed E-state index contributed by atoms with van der Waals surface area (Å²) in [5.41, 5.74) is 3.92. The molecule has 4 rings (SSSR count). The van der Waals surface area contributed by atoms with Gasteiger partial charge in [0.15, 0.2) is 0 Å². The molecule has 1 atom stereocenters. The van der Waals surface area contributed by atoms with E-state index in [2.05, 4.69) is 45.8 Å². The van der Waals surface area contributed by atoms with E-state index in [0.717, 1.165) is 29.8 Å². The first-order valence-corrected chi connectivity index (χ1v) is 8.83. The van der Waals surface area contributed by atoms with Crippen molar-refractivity contribution in [2.45, 2.75) is 25.8 Å². The van der Waals surface area contributed by atoms with E-state index >= 15 is 0 Å². The van der Waals surface area contributed by atoms with Crippen LogP contribution >= 0.6 is 11.5 Å². The molecule has 0 spiro atoms. The van der Waals surface area contributed by atoms with E-state index in [4.69, 9.17) is 0 Å². The monoisotopic (exact) mass is 338 g/mol. The second kappa shape index (κ2) is 6.20. The number of aromatic nitrogens is 3. The Morgan fingerprint density at radius 1 is 1.33 bits per heavy atom. The average molecular weight is 338 g/mol. The van der Waals surface area contributed by atoms with Crippen molar-refractivity contribution in [2.75, 3.05) is 6.54 Å². The largest absolute Gasteiger partial charge is 0.330 e. The van der Waals surface area contributed by atoms with Gasteiger partial charge in [0, 0.05) is 18.3 Å². The molecule has 1 aliphatic heterocycles. The molecule has 0 saturated carbocycles. The molecule has 2 aromatic heterocycles. The van der Waals surface area contributed by atoms with Crippen molar-refractivity contribution in [3.63, 3.8) is 0 Å². The van der Waals surface area contributed by atoms with Gasteiger partial charge in [0.2, 0.25) is 0 Å². The highest BCUT2D eigenvalue weighted by molar-refractivity contribution is 7.09. The molecule has 5 nitrogen and oxygen atoms in total. The Kier molecular flexibility index (Phi) is 3.90. The van der Waals surface area contributed by atoms with Gasteiger partial charge in [-0.15, -0.1) is 0 Å². The smallest absolute Gasteiger partial charge is 0.274 e. The molecule has 0 bridgehead atoms. The van der Waals surface area contributed by atoms with Crippen molar-refractivity contribution in [3.05, 3.63) is 59.5 Å². The maximum Gasteiger partial charge on any atom is 0.274 e. The summed E-state index contributed by atoms with van der Waals surface area (Å²) in [7, 11) is 0. The number of likely N-dealkylation sites (tertiary alicyclic amines) is 1. The van der Waals surface area contributed by atoms with Crippen LogP contribution < -0.4 is 0 Å². The molecule has 0 radical (unpaired) electrons. The van der Waals surface area contributed by atoms with Gasteiger partial charge >= 0.3 is 0 Å². The molecule has 1 N–H and O–H groups in total. The van der Waals surface area contributed by atoms with Crippen LogP contribution in [0.2, 0.25) is 0 Å². The highest BCUT2D eigenvalue weighted by Crippen LogP contribution is 2.34. The molecule has 3 heterocycles. The lowest BCUT2D eigenvalue weighted by molar-refractivity contribution is 0.0731. The molecule has 1 aromatic carbocycles. The number of benzene rings is 1. The topological polar surface area (TPSA) is 61.9 Å². The second-order valence-corrected chi connectivity index (χ2v) is 6.94. The van der Waals surface area contributed by atoms with Crippen molar-refractivity contribution in [1.82, 2.24) is 19.5 Å². The second-order valence-electron chi connectivity index (χ2n) is 6.13. The summed E-state index contributed by atoms with van der Waals surface area (Å²) in [6.45, 7) is 2.87. The number of carbonyl (C=O) groups is 1. The molecule has 3 aromatic rings. The Morgan fingerprint density at radius 3 is 2.92 bits per heavy atom. The summed E-state index contributed by atoms with van der Waals surface area (Å²) in [5, 5.41) is 6.74. The van der Waals surface area contributed by atoms with E-state index in [9.17, 15) is 4.79 Å². The molecule has 1 saturated heterocycles. The number of hydrogen-bond acceptors (Lipinski definition) is 4. The molecular formula is C18H18N4OS. The fourth-order valence-corrected chi connectivity index (χ4v) is 3.90. The van der Waals surface area contributed by atoms with E-state index in [1.807, 2.05) is 17.2 Å². The number of aryl methyl sites for hydroxylation is 1. The molecule has 6 heteroatoms. The van der Waals surface area contributed by atoms with Crippen molar-refractivity contribution in [3.8, 4) is 10.4 Å². The van der Waals surface area contributed by atoms with Gasteiger partial charge in [0.25, 0.3) is 5.91 Å². The number of amides is 1. The predicted octanol–water partition coefficient (Wildman–Crippen LogP) is 3.82. The number of nitrogens with one attached hydrogen (secondary N) is 1. The number of H-pyrrole nitrogens is 1. The SMILES string of the molecule is Cc1ccc(C2CCCN2C(=O)c2cc(-c3cn[nH]c3)sn2)cc1. The van der Waals surface area contributed by atoms with Crippen molar-refractivity contribution in [2.24, 2.45) is 0 Å². The first-order chi connectivity index (χ1) is 11.7. The van der Waals surface area contributed by atoms with Crippen LogP contribution in [0.4, 0.5) is 0 Å². The molecule has 1 aliphatic rings. The quantitative estimate of drug-likeness (QED) is 0.790. The Bertz CT molecular complexity index is 838. The zero-order valence-electron chi connectivity index (χ0n) is 13.4. The van der Waals surface area contributed by atoms with Gasteiger partial charge in [0.1, 0.15) is 5.69 Å². The summed E-state index contributed by atoms with van der Waals surface area (Å²) in [6.07, 6.45) is 5.59. The van der Waals surface area contributed by atoms with Crippen molar-refractivity contribution < 1.29 is 4.79 Å². The molecule has 1 amide bonds. The van der Waals surface area contributed by atoms with Crippen LogP contribution in [-0.4, -0.2) is 31.9 Å². The van der Waals surface area contributed by atoms with E-state index in [-0.39, 0.29) is 11.9 Å². The average Bonchev–Trinajstić information content (AvgIpc) is 3.34. The Labute approximate surface area is 144 Å². The van der Waals surface area contributed by atoms with Crippen molar-refractivity contribution >= 4 is 17.4 Å². The molecule has 24 heavy (non-hydrogen) atoms. The van der Waals surface area contributed by atoms with Gasteiger partial charge in [0.05, 0.1) is 17.1 Å². The summed E-state index contributed by atoms with van der Waals surface area (Å²) >= 11 is 1.34. The summed E-state index contributed by atoms with van der Waals surface area (Å²) in [4.78, 5) is 15.8. The van der Waals surface area contributed by atoms with Crippen LogP contribution in [0.1, 0.15) is 40.5 Å². The number of carbonyl (C=O) groups excluding carboxylic acids is 1. The van der Waals surface area contributed by atoms with Crippen LogP contribution in [-0.2, 0) is 0 Å². The van der Waals surface area contributed by atoms with Gasteiger partial charge in [-0.2, -0.15) is 9.47 Å². The number of aromatic amines is 1. The molecule has 1 fully saturated rings. The van der Waals surface area contributed by atoms with E-state index in [0.29, 0.717) is 5.69 Å². The van der Waals surface area contributed by atoms with E-state index in [1.54, 1.807) is 6.20 Å². The van der Waals surface area contributed by atoms with Crippen LogP contribution in [0, 0.1) is 6.92 Å². The molecule has 0 aliphatic carbocycles. The lowest BCUT2D eigenvalue weighted by Gasteiger charge is -2.24. The fourth-order valence-electron chi connectivity index (χ4n) is 3.19. The van der Waals surface area contributed by atoms with E-state index in [1.165, 1.54) is 22.7 Å². The minimum atomic E-state index is 0.0177. The van der Waals surface area contributed by atoms with Gasteiger partial charge in [-0.25, -0.2) is 0 Å². The van der Waals surface area contributed by atoms with E-state index < -0.39 is 0 Å². The first kappa shape index (κ1) is 15.1. The summed E-state index contributed by atoms with van der Waals surface area (Å²) in [5.74, 6) is 0.0177. The van der Waals surface area contributed by atoms with Crippen LogP contribution in [0.3, 0.4) is 0 Å². The summed E-state index contributed by atoms with van der Waals surface area (Å²) < 4.78 is 4.37. The number of nitrogens with zero attached hydrogens (tertiary/aromatic N) is 3. The standard InChI is InChI=1S/C18H18N4OS/c1-12-4-6-13(7-5-12)16-3-2-8-22(16)18(23)15-9-17(24-21-15)14-10-19-20-11-14/h4-7,9-11,16H,2-3,8H2,1H3,(H,19,20). The zero-order valence-corrected chi connectivity index (χ0v) is 14.2. The third-order valence-corrected chi connectivity index (χ3v) is 5.33. The third-order valence-electron chi connectivity index (χ3n) is 4.49. The predicted molar refractivity (Wildman–Crippen MR) is 93.9 cm³/mol. The number of rotatable bonds is 3. The molecule has 1 unspecified atom stereocenters. The normalized spacial score (nSPS) is 17.4. The highest BCUT2D eigenvalue weighted by Gasteiger charge is 2.31. The maximum absolute atomic E-state index is 12.9. The number of hydrogen-bond donors (Lipinski definition) is 1. The lowest BCUT2D eigenvalue weighted by Crippen LogP contribution is -2.30. The Hall–Kier alpha value is -2.47. The van der Waals surface area contributed by atoms with Crippen LogP contribution in [0.15, 0.2) is 42.7 Å². The van der Waals surface area contributed by atoms with Gasteiger partial charge in [-0.05, 0) is 42.9 Å². The molecular weight excluding hydrogens is 320 g/mol. The Morgan fingerprint density at radius 2 is 2.17 bits per heavy atom. The van der Waals surface area contributed by atoms with Crippen LogP contribution in [0.5, 0.6) is 0 Å². The lowest BCUT2D eigenvalue weighted by atomic mass is 10.0. The van der Waals surface area contributed by atoms with Gasteiger partial charge in [-0.1, -0.05) is 29.8 Å². The Balaban J connectivity index is 1.58. The minimum absolute atomic E-state index is 0.0177. The first-order valence-electron chi connectivity index (χ1n) is 8.06. The highest BCUT2D eigenvalue weighted by atomic mass is 32.1. The van der Waals surface area contributed by atoms with Crippen LogP contribution in [0.25, 0.3) is 10.4 Å². The van der Waals surface area contributed by atoms with Crippen molar-refractivity contribution in [1.29, 1.82) is 0 Å². The fraction of sp³-hybridized carbons (Fsp3) is 0.278. The van der Waals surface area contributed by atoms with Gasteiger partial charge in [-0.3, -0.25) is 9.89 Å². The maximum atomic E-state index is 12.9. The summed E-state index contributed by atoms with van der Waals surface area (Å²) in [6, 6.07) is 10.5. The third kappa shape index (κ3) is 2.73.